The van der Waals surface area contributed by atoms with E-state index in [1.54, 1.807) is 0 Å². The van der Waals surface area contributed by atoms with Gasteiger partial charge in [0.2, 0.25) is 0 Å². The largest absolute Gasteiger partial charge is 0.348 e. The number of amides is 1. The Morgan fingerprint density at radius 1 is 1.65 bits per heavy atom. The molecule has 2 N–H and O–H groups in total. The van der Waals surface area contributed by atoms with E-state index in [0.717, 1.165) is 6.42 Å². The number of H-pyrrole nitrogens is 1. The number of aromatic amines is 1. The number of hydrogen-bond donors (Lipinski definition) is 2. The fraction of sp³-hybridized carbons (Fsp3) is 0.545. The van der Waals surface area contributed by atoms with Gasteiger partial charge < -0.3 is 10.3 Å². The fourth-order valence-electron chi connectivity index (χ4n) is 1.23. The highest BCUT2D eigenvalue weighted by Gasteiger charge is 2.11. The molecule has 0 aliphatic rings. The van der Waals surface area contributed by atoms with Crippen LogP contribution in [0.15, 0.2) is 10.9 Å². The predicted octanol–water partition coefficient (Wildman–Crippen LogP) is 1.16. The molecule has 1 aromatic rings. The molecular formula is C11H17N3O2S. The third-order valence-corrected chi connectivity index (χ3v) is 2.86. The van der Waals surface area contributed by atoms with E-state index in [-0.39, 0.29) is 23.2 Å². The van der Waals surface area contributed by atoms with Crippen LogP contribution >= 0.6 is 11.8 Å². The van der Waals surface area contributed by atoms with E-state index in [2.05, 4.69) is 15.3 Å². The minimum atomic E-state index is -0.298. The molecule has 0 saturated heterocycles. The number of nitrogens with zero attached hydrogens (tertiary/aromatic N) is 1. The van der Waals surface area contributed by atoms with Crippen molar-refractivity contribution in [1.82, 2.24) is 15.3 Å². The van der Waals surface area contributed by atoms with Gasteiger partial charge >= 0.3 is 0 Å². The Morgan fingerprint density at radius 2 is 2.35 bits per heavy atom. The first-order valence-electron chi connectivity index (χ1n) is 5.46. The van der Waals surface area contributed by atoms with Crippen LogP contribution in [0.1, 0.15) is 36.6 Å². The maximum Gasteiger partial charge on any atom is 0.270 e. The molecule has 0 aromatic carbocycles. The maximum absolute atomic E-state index is 11.8. The summed E-state index contributed by atoms with van der Waals surface area (Å²) in [6.45, 7) is 3.89. The highest BCUT2D eigenvalue weighted by atomic mass is 32.2. The van der Waals surface area contributed by atoms with Crippen LogP contribution in [0.3, 0.4) is 0 Å². The van der Waals surface area contributed by atoms with Crippen LogP contribution in [-0.2, 0) is 5.75 Å². The summed E-state index contributed by atoms with van der Waals surface area (Å²) in [6, 6.07) is 1.30. The number of nitrogens with one attached hydrogen (secondary N) is 2. The summed E-state index contributed by atoms with van der Waals surface area (Å²) < 4.78 is 0. The van der Waals surface area contributed by atoms with Crippen LogP contribution in [0.25, 0.3) is 0 Å². The minimum Gasteiger partial charge on any atom is -0.348 e. The van der Waals surface area contributed by atoms with E-state index in [1.165, 1.54) is 17.8 Å². The molecule has 1 heterocycles. The minimum absolute atomic E-state index is 0.0765. The lowest BCUT2D eigenvalue weighted by atomic mass is 10.2. The third kappa shape index (κ3) is 4.22. The Balaban J connectivity index is 2.89. The van der Waals surface area contributed by atoms with Crippen molar-refractivity contribution in [3.05, 3.63) is 27.9 Å². The van der Waals surface area contributed by atoms with Gasteiger partial charge in [0.05, 0.1) is 5.75 Å². The van der Waals surface area contributed by atoms with Crippen molar-refractivity contribution in [1.29, 1.82) is 0 Å². The first kappa shape index (κ1) is 13.8. The second kappa shape index (κ2) is 6.44. The molecule has 6 heteroatoms. The lowest BCUT2D eigenvalue weighted by molar-refractivity contribution is 0.0933. The van der Waals surface area contributed by atoms with Gasteiger partial charge in [0, 0.05) is 12.1 Å². The third-order valence-electron chi connectivity index (χ3n) is 2.29. The van der Waals surface area contributed by atoms with Crippen molar-refractivity contribution in [3.8, 4) is 0 Å². The molecule has 0 aliphatic heterocycles. The van der Waals surface area contributed by atoms with Crippen molar-refractivity contribution in [3.63, 3.8) is 0 Å². The van der Waals surface area contributed by atoms with Gasteiger partial charge in [-0.25, -0.2) is 4.98 Å². The molecule has 0 saturated carbocycles. The van der Waals surface area contributed by atoms with Crippen LogP contribution < -0.4 is 10.9 Å². The average Bonchev–Trinajstić information content (AvgIpc) is 2.28. The molecule has 0 spiro atoms. The van der Waals surface area contributed by atoms with Crippen LogP contribution in [0.5, 0.6) is 0 Å². The summed E-state index contributed by atoms with van der Waals surface area (Å²) in [5, 5.41) is 2.78. The van der Waals surface area contributed by atoms with Gasteiger partial charge in [-0.15, -0.1) is 0 Å². The van der Waals surface area contributed by atoms with Gasteiger partial charge in [0.1, 0.15) is 11.5 Å². The fourth-order valence-corrected chi connectivity index (χ4v) is 1.64. The van der Waals surface area contributed by atoms with Gasteiger partial charge in [-0.05, 0) is 19.6 Å². The Kier molecular flexibility index (Phi) is 5.21. The van der Waals surface area contributed by atoms with E-state index in [4.69, 9.17) is 0 Å². The zero-order valence-electron chi connectivity index (χ0n) is 10.2. The second-order valence-electron chi connectivity index (χ2n) is 3.79. The highest BCUT2D eigenvalue weighted by molar-refractivity contribution is 7.97. The molecule has 0 aliphatic carbocycles. The second-order valence-corrected chi connectivity index (χ2v) is 4.66. The number of aromatic nitrogens is 2. The lowest BCUT2D eigenvalue weighted by Gasteiger charge is -2.10. The van der Waals surface area contributed by atoms with Crippen molar-refractivity contribution >= 4 is 17.7 Å². The van der Waals surface area contributed by atoms with Gasteiger partial charge in [-0.3, -0.25) is 9.59 Å². The molecule has 1 rings (SSSR count). The molecule has 17 heavy (non-hydrogen) atoms. The molecule has 0 bridgehead atoms. The Hall–Kier alpha value is -1.30. The van der Waals surface area contributed by atoms with E-state index in [1.807, 2.05) is 20.1 Å². The SMILES string of the molecule is CCC(C)NC(=O)c1cc(=O)[nH]c(CSC)n1. The van der Waals surface area contributed by atoms with Crippen LogP contribution in [0.4, 0.5) is 0 Å². The molecule has 1 amide bonds. The standard InChI is InChI=1S/C11H17N3O2S/c1-4-7(2)12-11(16)8-5-10(15)14-9(13-8)6-17-3/h5,7H,4,6H2,1-3H3,(H,12,16)(H,13,14,15). The van der Waals surface area contributed by atoms with E-state index >= 15 is 0 Å². The molecule has 5 nitrogen and oxygen atoms in total. The topological polar surface area (TPSA) is 74.8 Å². The summed E-state index contributed by atoms with van der Waals surface area (Å²) in [7, 11) is 0. The Bertz CT molecular complexity index is 445. The molecule has 0 fully saturated rings. The molecule has 1 atom stereocenters. The normalized spacial score (nSPS) is 12.2. The smallest absolute Gasteiger partial charge is 0.270 e. The Morgan fingerprint density at radius 3 is 2.94 bits per heavy atom. The number of rotatable bonds is 5. The van der Waals surface area contributed by atoms with Gasteiger partial charge in [-0.2, -0.15) is 11.8 Å². The maximum atomic E-state index is 11.8. The molecule has 1 aromatic heterocycles. The zero-order chi connectivity index (χ0) is 12.8. The summed E-state index contributed by atoms with van der Waals surface area (Å²) in [6.07, 6.45) is 2.75. The van der Waals surface area contributed by atoms with Crippen molar-refractivity contribution in [2.75, 3.05) is 6.26 Å². The van der Waals surface area contributed by atoms with Crippen molar-refractivity contribution in [2.24, 2.45) is 0 Å². The molecule has 0 radical (unpaired) electrons. The van der Waals surface area contributed by atoms with Crippen LogP contribution in [-0.4, -0.2) is 28.2 Å². The van der Waals surface area contributed by atoms with Gasteiger partial charge in [0.25, 0.3) is 11.5 Å². The quantitative estimate of drug-likeness (QED) is 0.828. The van der Waals surface area contributed by atoms with Crippen molar-refractivity contribution in [2.45, 2.75) is 32.1 Å². The Labute approximate surface area is 104 Å². The summed E-state index contributed by atoms with van der Waals surface area (Å²) in [4.78, 5) is 29.9. The van der Waals surface area contributed by atoms with Crippen molar-refractivity contribution < 1.29 is 4.79 Å². The van der Waals surface area contributed by atoms with E-state index < -0.39 is 0 Å². The molecule has 94 valence electrons. The van der Waals surface area contributed by atoms with E-state index in [9.17, 15) is 9.59 Å². The summed E-state index contributed by atoms with van der Waals surface area (Å²) in [5.41, 5.74) is -0.114. The van der Waals surface area contributed by atoms with E-state index in [0.29, 0.717) is 11.6 Å². The van der Waals surface area contributed by atoms with Gasteiger partial charge in [0.15, 0.2) is 0 Å². The summed E-state index contributed by atoms with van der Waals surface area (Å²) >= 11 is 1.54. The predicted molar refractivity (Wildman–Crippen MR) is 69.3 cm³/mol. The molecule has 1 unspecified atom stereocenters. The lowest BCUT2D eigenvalue weighted by Crippen LogP contribution is -2.33. The summed E-state index contributed by atoms with van der Waals surface area (Å²) in [5.74, 6) is 0.812. The average molecular weight is 255 g/mol. The first-order chi connectivity index (χ1) is 8.06. The molecular weight excluding hydrogens is 238 g/mol. The van der Waals surface area contributed by atoms with Gasteiger partial charge in [-0.1, -0.05) is 6.92 Å². The monoisotopic (exact) mass is 255 g/mol. The van der Waals surface area contributed by atoms with Crippen LogP contribution in [0.2, 0.25) is 0 Å². The number of thioether (sulfide) groups is 1. The zero-order valence-corrected chi connectivity index (χ0v) is 11.1. The highest BCUT2D eigenvalue weighted by Crippen LogP contribution is 2.02. The number of carbonyl (C=O) groups excluding carboxylic acids is 1. The first-order valence-corrected chi connectivity index (χ1v) is 6.86. The number of carbonyl (C=O) groups is 1. The van der Waals surface area contributed by atoms with Crippen LogP contribution in [0, 0.1) is 0 Å². The number of hydrogen-bond acceptors (Lipinski definition) is 4.